The summed E-state index contributed by atoms with van der Waals surface area (Å²) < 4.78 is 20.5. The summed E-state index contributed by atoms with van der Waals surface area (Å²) in [5, 5.41) is 53.7. The summed E-state index contributed by atoms with van der Waals surface area (Å²) in [6.45, 7) is 6.16. The van der Waals surface area contributed by atoms with Gasteiger partial charge in [0.15, 0.2) is 0 Å². The Morgan fingerprint density at radius 2 is 0.542 bits per heavy atom. The summed E-state index contributed by atoms with van der Waals surface area (Å²) in [5.41, 5.74) is -2.47. The SMILES string of the molecule is CCOC(=O)c1ccc(-c2cc(-c3ccc(C(=O)OCC)cc3[N+](=O)[O-])c3ccc4c(-c5ccc(C(=O)OCC)cc5[N+](=O)[O-])cc(-c5ccc(C(=O)OCC)cc5[N+](=O)[O-])c5ccc2c3c54)c([N+](=O)[O-])c1. The fraction of sp³-hybridized carbons (Fsp3) is 0.154. The number of nitro groups is 4. The summed E-state index contributed by atoms with van der Waals surface area (Å²) in [7, 11) is 0. The first-order chi connectivity index (χ1) is 34.5. The number of ether oxygens (including phenoxy) is 4. The number of nitro benzene ring substituents is 4. The number of rotatable bonds is 16. The van der Waals surface area contributed by atoms with Crippen LogP contribution in [0.2, 0.25) is 0 Å². The first-order valence-electron chi connectivity index (χ1n) is 22.1. The normalized spacial score (nSPS) is 11.1. The third-order valence-electron chi connectivity index (χ3n) is 11.9. The van der Waals surface area contributed by atoms with Crippen molar-refractivity contribution in [1.29, 1.82) is 0 Å². The van der Waals surface area contributed by atoms with Gasteiger partial charge in [0, 0.05) is 24.3 Å². The summed E-state index contributed by atoms with van der Waals surface area (Å²) in [4.78, 5) is 101. The highest BCUT2D eigenvalue weighted by atomic mass is 16.6. The fourth-order valence-electron chi connectivity index (χ4n) is 8.89. The van der Waals surface area contributed by atoms with Crippen LogP contribution in [0.5, 0.6) is 0 Å². The molecule has 362 valence electrons. The van der Waals surface area contributed by atoms with Gasteiger partial charge in [0.25, 0.3) is 22.7 Å². The maximum absolute atomic E-state index is 13.0. The predicted octanol–water partition coefficient (Wildman–Crippen LogP) is 11.6. The zero-order chi connectivity index (χ0) is 51.7. The van der Waals surface area contributed by atoms with Crippen LogP contribution in [0.3, 0.4) is 0 Å². The smallest absolute Gasteiger partial charge is 0.338 e. The van der Waals surface area contributed by atoms with Crippen molar-refractivity contribution < 1.29 is 57.8 Å². The van der Waals surface area contributed by atoms with Crippen molar-refractivity contribution in [1.82, 2.24) is 0 Å². The van der Waals surface area contributed by atoms with Gasteiger partial charge in [0.1, 0.15) is 0 Å². The van der Waals surface area contributed by atoms with Crippen LogP contribution >= 0.6 is 0 Å². The molecule has 0 fully saturated rings. The number of esters is 4. The standard InChI is InChI=1S/C52H38N4O16/c1-5-69-49(57)27-9-13-31(43(21-27)53(61)62)39-25-40(32-14-10-28(50(58)70-6-2)22-44(32)54(63)64)36-19-20-38-42(34-16-12-30(52(60)72-8-4)24-46(34)56(67)68)26-41(37-18-17-35(39)47(36)48(37)38)33-15-11-29(51(59)71-7-3)23-45(33)55(65)66/h9-26H,5-8H2,1-4H3. The van der Waals surface area contributed by atoms with E-state index in [0.717, 1.165) is 24.3 Å². The third kappa shape index (κ3) is 8.67. The zero-order valence-electron chi connectivity index (χ0n) is 38.5. The number of benzene rings is 8. The van der Waals surface area contributed by atoms with E-state index >= 15 is 0 Å². The van der Waals surface area contributed by atoms with Crippen LogP contribution in [0.15, 0.2) is 109 Å². The molecule has 72 heavy (non-hydrogen) atoms. The van der Waals surface area contributed by atoms with Gasteiger partial charge in [0.2, 0.25) is 0 Å². The molecule has 8 aromatic rings. The largest absolute Gasteiger partial charge is 0.462 e. The molecule has 8 rings (SSSR count). The average Bonchev–Trinajstić information content (AvgIpc) is 3.37. The van der Waals surface area contributed by atoms with E-state index in [0.29, 0.717) is 21.5 Å². The highest BCUT2D eigenvalue weighted by Crippen LogP contribution is 2.52. The minimum atomic E-state index is -0.839. The Kier molecular flexibility index (Phi) is 13.3. The van der Waals surface area contributed by atoms with Crippen LogP contribution in [0.25, 0.3) is 76.8 Å². The number of hydrogen-bond donors (Lipinski definition) is 0. The Labute approximate surface area is 406 Å². The first-order valence-corrected chi connectivity index (χ1v) is 22.1. The maximum atomic E-state index is 13.0. The molecule has 0 atom stereocenters. The maximum Gasteiger partial charge on any atom is 0.338 e. The number of hydrogen-bond acceptors (Lipinski definition) is 16. The molecule has 0 amide bonds. The Morgan fingerprint density at radius 1 is 0.333 bits per heavy atom. The molecule has 0 N–H and O–H groups in total. The molecule has 0 aliphatic rings. The molecule has 0 unspecified atom stereocenters. The minimum absolute atomic E-state index is 0.0259. The summed E-state index contributed by atoms with van der Waals surface area (Å²) in [6, 6.07) is 24.2. The highest BCUT2D eigenvalue weighted by Gasteiger charge is 2.31. The fourth-order valence-corrected chi connectivity index (χ4v) is 8.89. The lowest BCUT2D eigenvalue weighted by atomic mass is 9.81. The number of carbonyl (C=O) groups excluding carboxylic acids is 4. The molecule has 0 saturated heterocycles. The van der Waals surface area contributed by atoms with Crippen molar-refractivity contribution >= 4 is 78.9 Å². The molecule has 0 heterocycles. The molecule has 0 spiro atoms. The molecule has 0 bridgehead atoms. The van der Waals surface area contributed by atoms with Gasteiger partial charge in [-0.25, -0.2) is 19.2 Å². The Morgan fingerprint density at radius 3 is 0.722 bits per heavy atom. The predicted molar refractivity (Wildman–Crippen MR) is 262 cm³/mol. The van der Waals surface area contributed by atoms with Gasteiger partial charge >= 0.3 is 23.9 Å². The summed E-state index contributed by atoms with van der Waals surface area (Å²) >= 11 is 0. The van der Waals surface area contributed by atoms with E-state index < -0.39 is 66.3 Å². The van der Waals surface area contributed by atoms with E-state index in [2.05, 4.69) is 0 Å². The van der Waals surface area contributed by atoms with Gasteiger partial charge in [-0.1, -0.05) is 24.3 Å². The lowest BCUT2D eigenvalue weighted by Gasteiger charge is -2.21. The zero-order valence-corrected chi connectivity index (χ0v) is 38.5. The lowest BCUT2D eigenvalue weighted by Crippen LogP contribution is -2.06. The van der Waals surface area contributed by atoms with E-state index in [1.807, 2.05) is 0 Å². The minimum Gasteiger partial charge on any atom is -0.462 e. The average molecular weight is 975 g/mol. The van der Waals surface area contributed by atoms with Crippen LogP contribution in [-0.2, 0) is 18.9 Å². The van der Waals surface area contributed by atoms with Crippen molar-refractivity contribution in [2.75, 3.05) is 26.4 Å². The highest BCUT2D eigenvalue weighted by molar-refractivity contribution is 6.32. The van der Waals surface area contributed by atoms with Gasteiger partial charge < -0.3 is 18.9 Å². The van der Waals surface area contributed by atoms with Crippen LogP contribution in [0.1, 0.15) is 69.1 Å². The molecule has 20 nitrogen and oxygen atoms in total. The summed E-state index contributed by atoms with van der Waals surface area (Å²) in [5.74, 6) is -3.35. The summed E-state index contributed by atoms with van der Waals surface area (Å²) in [6.07, 6.45) is 0. The molecule has 20 heteroatoms. The van der Waals surface area contributed by atoms with Crippen molar-refractivity contribution in [2.45, 2.75) is 27.7 Å². The van der Waals surface area contributed by atoms with Gasteiger partial charge in [-0.2, -0.15) is 0 Å². The third-order valence-corrected chi connectivity index (χ3v) is 11.9. The van der Waals surface area contributed by atoms with E-state index in [9.17, 15) is 59.6 Å². The van der Waals surface area contributed by atoms with Crippen LogP contribution in [-0.4, -0.2) is 70.0 Å². The Balaban J connectivity index is 1.59. The Hall–Kier alpha value is -9.72. The molecule has 0 aromatic heterocycles. The van der Waals surface area contributed by atoms with Gasteiger partial charge in [-0.3, -0.25) is 40.5 Å². The number of nitrogens with zero attached hydrogens (tertiary/aromatic N) is 4. The van der Waals surface area contributed by atoms with Crippen LogP contribution in [0.4, 0.5) is 22.7 Å². The van der Waals surface area contributed by atoms with Gasteiger partial charge in [0.05, 0.1) is 90.6 Å². The van der Waals surface area contributed by atoms with E-state index in [-0.39, 0.29) is 104 Å². The van der Waals surface area contributed by atoms with Crippen LogP contribution in [0, 0.1) is 40.5 Å². The second-order valence-electron chi connectivity index (χ2n) is 15.9. The lowest BCUT2D eigenvalue weighted by molar-refractivity contribution is -0.384. The molecular weight excluding hydrogens is 937 g/mol. The second kappa shape index (κ2) is 19.7. The molecule has 8 aromatic carbocycles. The van der Waals surface area contributed by atoms with E-state index in [1.54, 1.807) is 52.0 Å². The van der Waals surface area contributed by atoms with Crippen molar-refractivity contribution in [3.8, 4) is 44.5 Å². The molecule has 0 aliphatic heterocycles. The molecule has 0 radical (unpaired) electrons. The first kappa shape index (κ1) is 48.7. The Bertz CT molecular complexity index is 3180. The molecule has 0 aliphatic carbocycles. The number of carbonyl (C=O) groups is 4. The monoisotopic (exact) mass is 974 g/mol. The molecule has 0 saturated carbocycles. The quantitative estimate of drug-likeness (QED) is 0.0286. The van der Waals surface area contributed by atoms with E-state index in [1.165, 1.54) is 60.7 Å². The van der Waals surface area contributed by atoms with Crippen molar-refractivity contribution in [3.05, 3.63) is 172 Å². The van der Waals surface area contributed by atoms with Crippen LogP contribution < -0.4 is 0 Å². The van der Waals surface area contributed by atoms with Crippen molar-refractivity contribution in [3.63, 3.8) is 0 Å². The van der Waals surface area contributed by atoms with Crippen molar-refractivity contribution in [2.24, 2.45) is 0 Å². The van der Waals surface area contributed by atoms with Gasteiger partial charge in [-0.15, -0.1) is 0 Å². The van der Waals surface area contributed by atoms with Gasteiger partial charge in [-0.05, 0) is 143 Å². The molecular formula is C52H38N4O16. The van der Waals surface area contributed by atoms with E-state index in [4.69, 9.17) is 18.9 Å². The topological polar surface area (TPSA) is 278 Å². The second-order valence-corrected chi connectivity index (χ2v) is 15.9.